The van der Waals surface area contributed by atoms with Gasteiger partial charge in [-0.2, -0.15) is 0 Å². The van der Waals surface area contributed by atoms with E-state index in [0.717, 1.165) is 5.92 Å². The van der Waals surface area contributed by atoms with Crippen molar-refractivity contribution in [1.82, 2.24) is 0 Å². The predicted octanol–water partition coefficient (Wildman–Crippen LogP) is 6.72. The number of halogens is 1. The first-order chi connectivity index (χ1) is 8.18. The lowest BCUT2D eigenvalue weighted by atomic mass is 9.99. The zero-order valence-electron chi connectivity index (χ0n) is 12.3. The first kappa shape index (κ1) is 17.5. The minimum Gasteiger partial charge on any atom is -0.0891 e. The fraction of sp³-hybridized carbons (Fsp3) is 1.00. The van der Waals surface area contributed by atoms with Gasteiger partial charge in [0.15, 0.2) is 0 Å². The van der Waals surface area contributed by atoms with Crippen LogP contribution in [0.25, 0.3) is 0 Å². The molecule has 0 aromatic rings. The third-order valence-corrected chi connectivity index (χ3v) is 4.70. The molecule has 0 nitrogen and oxygen atoms in total. The van der Waals surface area contributed by atoms with Crippen LogP contribution in [-0.2, 0) is 0 Å². The summed E-state index contributed by atoms with van der Waals surface area (Å²) in [6.45, 7) is 6.91. The molecule has 1 heteroatoms. The van der Waals surface area contributed by atoms with E-state index in [0.29, 0.717) is 4.83 Å². The monoisotopic (exact) mass is 304 g/mol. The first-order valence-corrected chi connectivity index (χ1v) is 8.74. The Kier molecular flexibility index (Phi) is 13.3. The van der Waals surface area contributed by atoms with Gasteiger partial charge in [-0.1, -0.05) is 101 Å². The summed E-state index contributed by atoms with van der Waals surface area (Å²) < 4.78 is 0. The molecule has 0 aromatic carbocycles. The van der Waals surface area contributed by atoms with Crippen molar-refractivity contribution in [3.8, 4) is 0 Å². The summed E-state index contributed by atoms with van der Waals surface area (Å²) in [4.78, 5) is 0.682. The number of rotatable bonds is 12. The second-order valence-corrected chi connectivity index (χ2v) is 7.07. The second-order valence-electron chi connectivity index (χ2n) is 5.63. The molecule has 0 heterocycles. The van der Waals surface area contributed by atoms with Crippen LogP contribution in [0.1, 0.15) is 91.4 Å². The van der Waals surface area contributed by atoms with Gasteiger partial charge in [-0.25, -0.2) is 0 Å². The van der Waals surface area contributed by atoms with Crippen molar-refractivity contribution in [2.24, 2.45) is 5.92 Å². The van der Waals surface area contributed by atoms with Crippen LogP contribution in [0, 0.1) is 5.92 Å². The van der Waals surface area contributed by atoms with Crippen LogP contribution >= 0.6 is 15.9 Å². The van der Waals surface area contributed by atoms with Gasteiger partial charge in [-0.05, 0) is 12.3 Å². The molecule has 0 spiro atoms. The molecule has 0 saturated heterocycles. The zero-order chi connectivity index (χ0) is 12.9. The van der Waals surface area contributed by atoms with Gasteiger partial charge in [0.2, 0.25) is 0 Å². The van der Waals surface area contributed by atoms with Gasteiger partial charge in [0.25, 0.3) is 0 Å². The maximum atomic E-state index is 3.66. The molecule has 0 aliphatic carbocycles. The highest BCUT2D eigenvalue weighted by atomic mass is 79.9. The largest absolute Gasteiger partial charge is 0.0891 e. The fourth-order valence-electron chi connectivity index (χ4n) is 2.18. The van der Waals surface area contributed by atoms with Crippen molar-refractivity contribution in [1.29, 1.82) is 0 Å². The van der Waals surface area contributed by atoms with Crippen molar-refractivity contribution in [2.45, 2.75) is 96.2 Å². The molecule has 0 aliphatic heterocycles. The van der Waals surface area contributed by atoms with Crippen LogP contribution in [0.4, 0.5) is 0 Å². The van der Waals surface area contributed by atoms with Crippen LogP contribution in [0.2, 0.25) is 0 Å². The molecule has 0 amide bonds. The average molecular weight is 305 g/mol. The van der Waals surface area contributed by atoms with Crippen LogP contribution < -0.4 is 0 Å². The van der Waals surface area contributed by atoms with E-state index in [2.05, 4.69) is 36.7 Å². The maximum Gasteiger partial charge on any atom is 0.0143 e. The minimum absolute atomic E-state index is 0.682. The summed E-state index contributed by atoms with van der Waals surface area (Å²) in [5.41, 5.74) is 0. The smallest absolute Gasteiger partial charge is 0.0143 e. The van der Waals surface area contributed by atoms with E-state index >= 15 is 0 Å². The van der Waals surface area contributed by atoms with E-state index in [1.165, 1.54) is 70.6 Å². The molecule has 2 unspecified atom stereocenters. The molecule has 0 rings (SSSR count). The maximum absolute atomic E-state index is 3.66. The topological polar surface area (TPSA) is 0 Å². The van der Waals surface area contributed by atoms with E-state index in [1.54, 1.807) is 0 Å². The number of unbranched alkanes of at least 4 members (excludes halogenated alkanes) is 9. The van der Waals surface area contributed by atoms with Gasteiger partial charge < -0.3 is 0 Å². The van der Waals surface area contributed by atoms with Gasteiger partial charge in [0, 0.05) is 4.83 Å². The Morgan fingerprint density at radius 2 is 1.12 bits per heavy atom. The van der Waals surface area contributed by atoms with Crippen LogP contribution in [-0.4, -0.2) is 4.83 Å². The molecular formula is C16H33Br. The molecule has 17 heavy (non-hydrogen) atoms. The highest BCUT2D eigenvalue weighted by Gasteiger charge is 2.07. The van der Waals surface area contributed by atoms with Crippen molar-refractivity contribution in [3.63, 3.8) is 0 Å². The second kappa shape index (κ2) is 12.9. The Hall–Kier alpha value is 0.480. The standard InChI is InChI=1S/C16H33Br/c1-4-5-6-7-8-9-10-11-12-13-14-15(2)16(3)17/h15-16H,4-14H2,1-3H3. The summed E-state index contributed by atoms with van der Waals surface area (Å²) in [7, 11) is 0. The number of alkyl halides is 1. The van der Waals surface area contributed by atoms with Crippen LogP contribution in [0.3, 0.4) is 0 Å². The Labute approximate surface area is 118 Å². The fourth-order valence-corrected chi connectivity index (χ4v) is 2.45. The molecule has 104 valence electrons. The molecule has 0 radical (unpaired) electrons. The number of hydrogen-bond donors (Lipinski definition) is 0. The van der Waals surface area contributed by atoms with E-state index < -0.39 is 0 Å². The Balaban J connectivity index is 3.03. The highest BCUT2D eigenvalue weighted by molar-refractivity contribution is 9.09. The lowest BCUT2D eigenvalue weighted by Gasteiger charge is -2.13. The quantitative estimate of drug-likeness (QED) is 0.277. The Morgan fingerprint density at radius 1 is 0.706 bits per heavy atom. The summed E-state index contributed by atoms with van der Waals surface area (Å²) in [5.74, 6) is 0.837. The summed E-state index contributed by atoms with van der Waals surface area (Å²) in [5, 5.41) is 0. The average Bonchev–Trinajstić information content (AvgIpc) is 2.31. The van der Waals surface area contributed by atoms with E-state index in [9.17, 15) is 0 Å². The summed E-state index contributed by atoms with van der Waals surface area (Å²) in [6, 6.07) is 0. The number of hydrogen-bond acceptors (Lipinski definition) is 0. The molecule has 0 aromatic heterocycles. The predicted molar refractivity (Wildman–Crippen MR) is 84.0 cm³/mol. The highest BCUT2D eigenvalue weighted by Crippen LogP contribution is 2.19. The third-order valence-electron chi connectivity index (χ3n) is 3.80. The molecule has 2 atom stereocenters. The van der Waals surface area contributed by atoms with Gasteiger partial charge in [0.1, 0.15) is 0 Å². The van der Waals surface area contributed by atoms with E-state index in [4.69, 9.17) is 0 Å². The van der Waals surface area contributed by atoms with Gasteiger partial charge in [-0.3, -0.25) is 0 Å². The lowest BCUT2D eigenvalue weighted by molar-refractivity contribution is 0.480. The summed E-state index contributed by atoms with van der Waals surface area (Å²) in [6.07, 6.45) is 15.8. The van der Waals surface area contributed by atoms with Gasteiger partial charge in [0.05, 0.1) is 0 Å². The Morgan fingerprint density at radius 3 is 1.53 bits per heavy atom. The molecular weight excluding hydrogens is 272 g/mol. The van der Waals surface area contributed by atoms with Crippen molar-refractivity contribution >= 4 is 15.9 Å². The molecule has 0 fully saturated rings. The van der Waals surface area contributed by atoms with Crippen LogP contribution in [0.15, 0.2) is 0 Å². The minimum atomic E-state index is 0.682. The van der Waals surface area contributed by atoms with Gasteiger partial charge in [-0.15, -0.1) is 0 Å². The molecule has 0 bridgehead atoms. The molecule has 0 N–H and O–H groups in total. The molecule has 0 saturated carbocycles. The molecule has 0 aliphatic rings. The zero-order valence-corrected chi connectivity index (χ0v) is 13.9. The van der Waals surface area contributed by atoms with E-state index in [-0.39, 0.29) is 0 Å². The van der Waals surface area contributed by atoms with E-state index in [1.807, 2.05) is 0 Å². The summed E-state index contributed by atoms with van der Waals surface area (Å²) >= 11 is 3.66. The van der Waals surface area contributed by atoms with Crippen LogP contribution in [0.5, 0.6) is 0 Å². The van der Waals surface area contributed by atoms with Crippen molar-refractivity contribution in [2.75, 3.05) is 0 Å². The van der Waals surface area contributed by atoms with Crippen molar-refractivity contribution in [3.05, 3.63) is 0 Å². The Bertz CT molecular complexity index is 142. The lowest BCUT2D eigenvalue weighted by Crippen LogP contribution is -2.05. The SMILES string of the molecule is CCCCCCCCCCCCC(C)C(C)Br. The normalized spacial score (nSPS) is 14.8. The van der Waals surface area contributed by atoms with Gasteiger partial charge >= 0.3 is 0 Å². The third kappa shape index (κ3) is 12.7. The first-order valence-electron chi connectivity index (χ1n) is 7.82. The van der Waals surface area contributed by atoms with Crippen molar-refractivity contribution < 1.29 is 0 Å².